The molecular formula is C17H27N3O2. The summed E-state index contributed by atoms with van der Waals surface area (Å²) in [7, 11) is 1.91. The topological polar surface area (TPSA) is 58.4 Å². The first-order chi connectivity index (χ1) is 10.5. The van der Waals surface area contributed by atoms with E-state index in [0.29, 0.717) is 12.3 Å². The van der Waals surface area contributed by atoms with Gasteiger partial charge < -0.3 is 10.0 Å². The predicted molar refractivity (Wildman–Crippen MR) is 84.2 cm³/mol. The number of amides is 1. The van der Waals surface area contributed by atoms with E-state index in [9.17, 15) is 9.90 Å². The first-order valence-corrected chi connectivity index (χ1v) is 8.50. The van der Waals surface area contributed by atoms with E-state index in [1.54, 1.807) is 6.20 Å². The van der Waals surface area contributed by atoms with Gasteiger partial charge in [-0.15, -0.1) is 0 Å². The molecule has 2 fully saturated rings. The maximum absolute atomic E-state index is 12.5. The van der Waals surface area contributed by atoms with Gasteiger partial charge in [0.15, 0.2) is 0 Å². The van der Waals surface area contributed by atoms with E-state index < -0.39 is 5.60 Å². The van der Waals surface area contributed by atoms with E-state index in [4.69, 9.17) is 0 Å². The molecule has 0 unspecified atom stereocenters. The largest absolute Gasteiger partial charge is 0.390 e. The van der Waals surface area contributed by atoms with Crippen molar-refractivity contribution in [2.45, 2.75) is 51.0 Å². The van der Waals surface area contributed by atoms with Gasteiger partial charge in [-0.3, -0.25) is 9.48 Å². The van der Waals surface area contributed by atoms with Crippen LogP contribution < -0.4 is 0 Å². The highest BCUT2D eigenvalue weighted by atomic mass is 16.3. The summed E-state index contributed by atoms with van der Waals surface area (Å²) in [6.07, 6.45) is 6.96. The standard InChI is InChI=1S/C17H27N3O2/c1-3-17(22)9-4-5-13-11-20(12-15(13)17)16(21)7-6-14-8-10-18-19(14)2/h8,10,13,15,22H,3-7,9,11-12H2,1-2H3/t13-,15+,17-/m1/s1. The molecule has 3 atom stereocenters. The van der Waals surface area contributed by atoms with Crippen molar-refractivity contribution in [3.8, 4) is 0 Å². The maximum Gasteiger partial charge on any atom is 0.222 e. The monoisotopic (exact) mass is 305 g/mol. The van der Waals surface area contributed by atoms with E-state index in [2.05, 4.69) is 12.0 Å². The summed E-state index contributed by atoms with van der Waals surface area (Å²) in [6.45, 7) is 3.63. The molecule has 2 aliphatic rings. The van der Waals surface area contributed by atoms with Crippen LogP contribution in [0.5, 0.6) is 0 Å². The van der Waals surface area contributed by atoms with Crippen LogP contribution in [0.2, 0.25) is 0 Å². The zero-order valence-electron chi connectivity index (χ0n) is 13.7. The summed E-state index contributed by atoms with van der Waals surface area (Å²) in [5.41, 5.74) is 0.537. The average molecular weight is 305 g/mol. The number of aliphatic hydroxyl groups is 1. The Morgan fingerprint density at radius 1 is 1.50 bits per heavy atom. The fourth-order valence-corrected chi connectivity index (χ4v) is 4.31. The highest BCUT2D eigenvalue weighted by Gasteiger charge is 2.48. The van der Waals surface area contributed by atoms with Gasteiger partial charge in [0.05, 0.1) is 5.60 Å². The Kier molecular flexibility index (Phi) is 4.26. The Bertz CT molecular complexity index is 542. The van der Waals surface area contributed by atoms with Gasteiger partial charge in [0, 0.05) is 44.4 Å². The zero-order chi connectivity index (χ0) is 15.7. The molecule has 1 saturated carbocycles. The van der Waals surface area contributed by atoms with Crippen molar-refractivity contribution in [2.75, 3.05) is 13.1 Å². The summed E-state index contributed by atoms with van der Waals surface area (Å²) >= 11 is 0. The first-order valence-electron chi connectivity index (χ1n) is 8.50. The molecule has 1 aromatic rings. The van der Waals surface area contributed by atoms with Crippen molar-refractivity contribution in [3.63, 3.8) is 0 Å². The van der Waals surface area contributed by atoms with Gasteiger partial charge >= 0.3 is 0 Å². The lowest BCUT2D eigenvalue weighted by Crippen LogP contribution is -2.44. The number of fused-ring (bicyclic) bond motifs is 1. The van der Waals surface area contributed by atoms with Crippen LogP contribution in [-0.2, 0) is 18.3 Å². The quantitative estimate of drug-likeness (QED) is 0.922. The minimum absolute atomic E-state index is 0.217. The smallest absolute Gasteiger partial charge is 0.222 e. The number of aryl methyl sites for hydroxylation is 2. The van der Waals surface area contributed by atoms with Crippen LogP contribution in [0, 0.1) is 11.8 Å². The lowest BCUT2D eigenvalue weighted by Gasteiger charge is -2.40. The SMILES string of the molecule is CC[C@@]1(O)CCC[C@@H]2CN(C(=O)CCc3ccnn3C)C[C@@H]21. The molecular weight excluding hydrogens is 278 g/mol. The van der Waals surface area contributed by atoms with Gasteiger partial charge in [0.1, 0.15) is 0 Å². The number of carbonyl (C=O) groups is 1. The van der Waals surface area contributed by atoms with Gasteiger partial charge in [-0.1, -0.05) is 13.3 Å². The minimum Gasteiger partial charge on any atom is -0.390 e. The molecule has 1 aliphatic heterocycles. The van der Waals surface area contributed by atoms with Crippen molar-refractivity contribution in [1.82, 2.24) is 14.7 Å². The van der Waals surface area contributed by atoms with Crippen LogP contribution in [0.15, 0.2) is 12.3 Å². The molecule has 1 saturated heterocycles. The molecule has 3 rings (SSSR count). The molecule has 122 valence electrons. The van der Waals surface area contributed by atoms with Crippen molar-refractivity contribution in [3.05, 3.63) is 18.0 Å². The number of hydrogen-bond donors (Lipinski definition) is 1. The number of likely N-dealkylation sites (tertiary alicyclic amines) is 1. The Hall–Kier alpha value is -1.36. The second kappa shape index (κ2) is 6.03. The van der Waals surface area contributed by atoms with Crippen molar-refractivity contribution in [2.24, 2.45) is 18.9 Å². The minimum atomic E-state index is -0.556. The fourth-order valence-electron chi connectivity index (χ4n) is 4.31. The van der Waals surface area contributed by atoms with E-state index in [0.717, 1.165) is 50.9 Å². The summed E-state index contributed by atoms with van der Waals surface area (Å²) in [6, 6.07) is 1.97. The summed E-state index contributed by atoms with van der Waals surface area (Å²) < 4.78 is 1.83. The van der Waals surface area contributed by atoms with Crippen LogP contribution in [0.3, 0.4) is 0 Å². The van der Waals surface area contributed by atoms with Crippen molar-refractivity contribution >= 4 is 5.91 Å². The highest BCUT2D eigenvalue weighted by molar-refractivity contribution is 5.76. The van der Waals surface area contributed by atoms with Crippen LogP contribution in [-0.4, -0.2) is 44.4 Å². The van der Waals surface area contributed by atoms with Crippen LogP contribution >= 0.6 is 0 Å². The molecule has 1 aliphatic carbocycles. The lowest BCUT2D eigenvalue weighted by molar-refractivity contribution is -0.130. The molecule has 5 nitrogen and oxygen atoms in total. The third kappa shape index (κ3) is 2.78. The average Bonchev–Trinajstić information content (AvgIpc) is 3.12. The molecule has 22 heavy (non-hydrogen) atoms. The van der Waals surface area contributed by atoms with E-state index >= 15 is 0 Å². The lowest BCUT2D eigenvalue weighted by atomic mass is 9.69. The van der Waals surface area contributed by atoms with E-state index in [1.807, 2.05) is 22.7 Å². The van der Waals surface area contributed by atoms with E-state index in [-0.39, 0.29) is 11.8 Å². The molecule has 0 aromatic carbocycles. The van der Waals surface area contributed by atoms with Gasteiger partial charge in [0.2, 0.25) is 5.91 Å². The van der Waals surface area contributed by atoms with Crippen LogP contribution in [0.4, 0.5) is 0 Å². The van der Waals surface area contributed by atoms with Gasteiger partial charge in [0.25, 0.3) is 0 Å². The third-order valence-electron chi connectivity index (χ3n) is 5.80. The molecule has 1 N–H and O–H groups in total. The normalized spacial score (nSPS) is 31.3. The predicted octanol–water partition coefficient (Wildman–Crippen LogP) is 1.75. The highest BCUT2D eigenvalue weighted by Crippen LogP contribution is 2.44. The van der Waals surface area contributed by atoms with Gasteiger partial charge in [-0.2, -0.15) is 5.10 Å². The molecule has 0 spiro atoms. The number of rotatable bonds is 4. The van der Waals surface area contributed by atoms with Crippen molar-refractivity contribution < 1.29 is 9.90 Å². The number of nitrogens with zero attached hydrogens (tertiary/aromatic N) is 3. The van der Waals surface area contributed by atoms with E-state index in [1.165, 1.54) is 0 Å². The van der Waals surface area contributed by atoms with Crippen LogP contribution in [0.1, 0.15) is 44.7 Å². The molecule has 0 radical (unpaired) electrons. The second-order valence-corrected chi connectivity index (χ2v) is 6.96. The Labute approximate surface area is 132 Å². The Morgan fingerprint density at radius 3 is 3.00 bits per heavy atom. The number of hydrogen-bond acceptors (Lipinski definition) is 3. The summed E-state index contributed by atoms with van der Waals surface area (Å²) in [5.74, 6) is 0.973. The zero-order valence-corrected chi connectivity index (χ0v) is 13.7. The molecule has 5 heteroatoms. The summed E-state index contributed by atoms with van der Waals surface area (Å²) in [5, 5.41) is 15.0. The fraction of sp³-hybridized carbons (Fsp3) is 0.765. The summed E-state index contributed by atoms with van der Waals surface area (Å²) in [4.78, 5) is 14.5. The van der Waals surface area contributed by atoms with Crippen molar-refractivity contribution in [1.29, 1.82) is 0 Å². The third-order valence-corrected chi connectivity index (χ3v) is 5.80. The molecule has 1 aromatic heterocycles. The maximum atomic E-state index is 12.5. The molecule has 1 amide bonds. The van der Waals surface area contributed by atoms with Crippen LogP contribution in [0.25, 0.3) is 0 Å². The number of aromatic nitrogens is 2. The van der Waals surface area contributed by atoms with Gasteiger partial charge in [-0.05, 0) is 37.7 Å². The Balaban J connectivity index is 1.60. The molecule has 0 bridgehead atoms. The second-order valence-electron chi connectivity index (χ2n) is 6.96. The molecule has 2 heterocycles. The Morgan fingerprint density at radius 2 is 2.32 bits per heavy atom. The van der Waals surface area contributed by atoms with Gasteiger partial charge in [-0.25, -0.2) is 0 Å². The number of carbonyl (C=O) groups excluding carboxylic acids is 1. The first kappa shape index (κ1) is 15.5.